The maximum atomic E-state index is 15.4. The summed E-state index contributed by atoms with van der Waals surface area (Å²) in [5, 5.41) is 0.601. The number of ether oxygens (including phenoxy) is 1. The number of rotatable bonds is 4. The van der Waals surface area contributed by atoms with E-state index in [0.29, 0.717) is 44.6 Å². The van der Waals surface area contributed by atoms with Gasteiger partial charge in [0.1, 0.15) is 23.5 Å². The lowest BCUT2D eigenvalue weighted by Crippen LogP contribution is -1.96. The summed E-state index contributed by atoms with van der Waals surface area (Å²) in [6.07, 6.45) is 10.0. The van der Waals surface area contributed by atoms with Gasteiger partial charge in [0.2, 0.25) is 0 Å². The number of fused-ring (bicyclic) bond motifs is 2. The maximum absolute atomic E-state index is 15.4. The van der Waals surface area contributed by atoms with Crippen molar-refractivity contribution in [2.75, 3.05) is 5.73 Å². The van der Waals surface area contributed by atoms with Crippen molar-refractivity contribution in [3.8, 4) is 46.5 Å². The number of terminal acetylenes is 1. The van der Waals surface area contributed by atoms with Gasteiger partial charge in [0.25, 0.3) is 0 Å². The highest BCUT2D eigenvalue weighted by Gasteiger charge is 2.23. The van der Waals surface area contributed by atoms with Crippen LogP contribution < -0.4 is 10.5 Å². The van der Waals surface area contributed by atoms with Crippen molar-refractivity contribution in [2.24, 2.45) is 7.05 Å². The number of hydrogen-bond acceptors (Lipinski definition) is 8. The van der Waals surface area contributed by atoms with Crippen molar-refractivity contribution >= 4 is 27.9 Å². The fraction of sp³-hybridized carbons (Fsp3) is 0.0714. The SMILES string of the molecule is C#Cc1cnc2ccc(-c3c(-c4ccc(Oc5nccc(C)n5)c(F)c4)c4c(N)ncnc4n3C)cc2n1. The molecule has 0 amide bonds. The molecule has 0 unspecified atom stereocenters. The first kappa shape index (κ1) is 23.0. The van der Waals surface area contributed by atoms with Gasteiger partial charge in [-0.25, -0.2) is 29.3 Å². The Morgan fingerprint density at radius 3 is 2.61 bits per heavy atom. The number of hydrogen-bond donors (Lipinski definition) is 1. The number of nitrogens with zero attached hydrogens (tertiary/aromatic N) is 7. The van der Waals surface area contributed by atoms with Crippen LogP contribution >= 0.6 is 0 Å². The quantitative estimate of drug-likeness (QED) is 0.340. The largest absolute Gasteiger partial charge is 0.421 e. The molecule has 2 N–H and O–H groups in total. The Kier molecular flexibility index (Phi) is 5.39. The van der Waals surface area contributed by atoms with Crippen LogP contribution in [0.15, 0.2) is 61.2 Å². The summed E-state index contributed by atoms with van der Waals surface area (Å²) in [7, 11) is 1.87. The van der Waals surface area contributed by atoms with Crippen LogP contribution in [0.25, 0.3) is 44.5 Å². The predicted octanol–water partition coefficient (Wildman–Crippen LogP) is 4.84. The highest BCUT2D eigenvalue weighted by molar-refractivity contribution is 6.08. The van der Waals surface area contributed by atoms with E-state index >= 15 is 4.39 Å². The molecule has 10 heteroatoms. The van der Waals surface area contributed by atoms with E-state index in [-0.39, 0.29) is 17.6 Å². The van der Waals surface area contributed by atoms with Gasteiger partial charge in [-0.2, -0.15) is 0 Å². The molecule has 0 atom stereocenters. The number of halogens is 1. The lowest BCUT2D eigenvalue weighted by atomic mass is 9.98. The Morgan fingerprint density at radius 1 is 0.974 bits per heavy atom. The molecule has 0 spiro atoms. The van der Waals surface area contributed by atoms with Crippen molar-refractivity contribution in [1.29, 1.82) is 0 Å². The first-order valence-electron chi connectivity index (χ1n) is 11.5. The van der Waals surface area contributed by atoms with Gasteiger partial charge in [-0.3, -0.25) is 4.98 Å². The first-order chi connectivity index (χ1) is 18.4. The molecule has 0 saturated carbocycles. The van der Waals surface area contributed by atoms with E-state index in [4.69, 9.17) is 16.9 Å². The monoisotopic (exact) mass is 502 g/mol. The molecule has 0 aliphatic heterocycles. The van der Waals surface area contributed by atoms with E-state index in [2.05, 4.69) is 35.8 Å². The van der Waals surface area contributed by atoms with Crippen LogP contribution in [0, 0.1) is 25.1 Å². The standard InChI is InChI=1S/C28H19FN8O/c1-4-18-13-32-20-7-5-17(12-21(20)36-18)25-23(24-26(30)33-14-34-27(24)37(25)3)16-6-8-22(19(29)11-16)38-28-31-10-9-15(2)35-28/h1,5-14H,2-3H3,(H2,30,33,34). The zero-order valence-electron chi connectivity index (χ0n) is 20.3. The summed E-state index contributed by atoms with van der Waals surface area (Å²) in [6, 6.07) is 12.1. The summed E-state index contributed by atoms with van der Waals surface area (Å²) in [4.78, 5) is 25.7. The van der Waals surface area contributed by atoms with E-state index in [1.807, 2.05) is 29.8 Å². The minimum atomic E-state index is -0.589. The second-order valence-electron chi connectivity index (χ2n) is 8.57. The fourth-order valence-corrected chi connectivity index (χ4v) is 4.44. The molecular formula is C28H19FN8O. The van der Waals surface area contributed by atoms with Crippen molar-refractivity contribution in [2.45, 2.75) is 6.92 Å². The van der Waals surface area contributed by atoms with Crippen LogP contribution in [0.4, 0.5) is 10.2 Å². The second-order valence-corrected chi connectivity index (χ2v) is 8.57. The smallest absolute Gasteiger partial charge is 0.322 e. The Bertz CT molecular complexity index is 1930. The Labute approximate surface area is 216 Å². The average Bonchev–Trinajstić information content (AvgIpc) is 3.22. The Hall–Kier alpha value is -5.43. The molecule has 6 rings (SSSR count). The van der Waals surface area contributed by atoms with E-state index in [1.165, 1.54) is 18.5 Å². The minimum absolute atomic E-state index is 0.00634. The Morgan fingerprint density at radius 2 is 1.82 bits per heavy atom. The normalized spacial score (nSPS) is 11.1. The minimum Gasteiger partial charge on any atom is -0.421 e. The number of anilines is 1. The molecule has 0 saturated heterocycles. The van der Waals surface area contributed by atoms with Crippen LogP contribution in [0.5, 0.6) is 11.8 Å². The lowest BCUT2D eigenvalue weighted by molar-refractivity contribution is 0.410. The third-order valence-corrected chi connectivity index (χ3v) is 6.15. The molecule has 0 aliphatic rings. The van der Waals surface area contributed by atoms with Crippen LogP contribution in [0.3, 0.4) is 0 Å². The van der Waals surface area contributed by atoms with Crippen molar-refractivity contribution in [3.63, 3.8) is 0 Å². The maximum Gasteiger partial charge on any atom is 0.322 e. The Balaban J connectivity index is 1.55. The number of aromatic nitrogens is 7. The first-order valence-corrected chi connectivity index (χ1v) is 11.5. The third-order valence-electron chi connectivity index (χ3n) is 6.15. The molecular weight excluding hydrogens is 483 g/mol. The molecule has 0 bridgehead atoms. The lowest BCUT2D eigenvalue weighted by Gasteiger charge is -2.11. The van der Waals surface area contributed by atoms with Gasteiger partial charge in [-0.1, -0.05) is 12.1 Å². The van der Waals surface area contributed by atoms with Gasteiger partial charge in [0, 0.05) is 30.1 Å². The molecule has 184 valence electrons. The summed E-state index contributed by atoms with van der Waals surface area (Å²) < 4.78 is 22.9. The van der Waals surface area contributed by atoms with E-state index in [1.54, 1.807) is 31.5 Å². The van der Waals surface area contributed by atoms with Gasteiger partial charge in [0.05, 0.1) is 28.3 Å². The third kappa shape index (κ3) is 3.83. The van der Waals surface area contributed by atoms with Crippen LogP contribution in [0.1, 0.15) is 11.4 Å². The van der Waals surface area contributed by atoms with Gasteiger partial charge in [0.15, 0.2) is 11.6 Å². The molecule has 6 aromatic rings. The van der Waals surface area contributed by atoms with Gasteiger partial charge in [-0.15, -0.1) is 6.42 Å². The van der Waals surface area contributed by atoms with Gasteiger partial charge in [-0.05, 0) is 48.7 Å². The molecule has 4 heterocycles. The molecule has 0 aliphatic carbocycles. The molecule has 9 nitrogen and oxygen atoms in total. The van der Waals surface area contributed by atoms with E-state index in [0.717, 1.165) is 11.3 Å². The van der Waals surface area contributed by atoms with E-state index < -0.39 is 5.82 Å². The van der Waals surface area contributed by atoms with E-state index in [9.17, 15) is 0 Å². The van der Waals surface area contributed by atoms with Crippen molar-refractivity contribution in [3.05, 3.63) is 78.4 Å². The molecule has 0 radical (unpaired) electrons. The summed E-state index contributed by atoms with van der Waals surface area (Å²) >= 11 is 0. The second kappa shape index (κ2) is 8.90. The summed E-state index contributed by atoms with van der Waals surface area (Å²) in [5.41, 5.74) is 12.1. The molecule has 2 aromatic carbocycles. The highest BCUT2D eigenvalue weighted by atomic mass is 19.1. The number of benzene rings is 2. The highest BCUT2D eigenvalue weighted by Crippen LogP contribution is 2.43. The summed E-state index contributed by atoms with van der Waals surface area (Å²) in [6.45, 7) is 1.80. The van der Waals surface area contributed by atoms with Gasteiger partial charge >= 0.3 is 6.01 Å². The zero-order valence-corrected chi connectivity index (χ0v) is 20.3. The number of nitrogen functional groups attached to an aromatic ring is 1. The topological polar surface area (TPSA) is 118 Å². The fourth-order valence-electron chi connectivity index (χ4n) is 4.44. The molecule has 38 heavy (non-hydrogen) atoms. The molecule has 4 aromatic heterocycles. The van der Waals surface area contributed by atoms with Crippen LogP contribution in [-0.4, -0.2) is 34.5 Å². The number of aryl methyl sites for hydroxylation is 2. The summed E-state index contributed by atoms with van der Waals surface area (Å²) in [5.74, 6) is 2.19. The average molecular weight is 503 g/mol. The van der Waals surface area contributed by atoms with Crippen LogP contribution in [-0.2, 0) is 7.05 Å². The van der Waals surface area contributed by atoms with Crippen molar-refractivity contribution in [1.82, 2.24) is 34.5 Å². The zero-order chi connectivity index (χ0) is 26.4. The predicted molar refractivity (Wildman–Crippen MR) is 142 cm³/mol. The van der Waals surface area contributed by atoms with Crippen LogP contribution in [0.2, 0.25) is 0 Å². The molecule has 0 fully saturated rings. The van der Waals surface area contributed by atoms with Gasteiger partial charge < -0.3 is 15.0 Å². The number of nitrogens with two attached hydrogens (primary N) is 1. The van der Waals surface area contributed by atoms with Crippen molar-refractivity contribution < 1.29 is 9.13 Å².